The van der Waals surface area contributed by atoms with Gasteiger partial charge in [0.05, 0.1) is 5.69 Å². The lowest BCUT2D eigenvalue weighted by atomic mass is 9.61. The first kappa shape index (κ1) is 14.9. The van der Waals surface area contributed by atoms with E-state index in [4.69, 9.17) is 0 Å². The number of fused-ring (bicyclic) bond motifs is 2. The van der Waals surface area contributed by atoms with Crippen LogP contribution >= 0.6 is 0 Å². The number of rotatable bonds is 1. The normalized spacial score (nSPS) is 21.1. The molecule has 1 amide bonds. The molecule has 5 heteroatoms. The molecule has 128 valence electrons. The Morgan fingerprint density at radius 1 is 1.12 bits per heavy atom. The van der Waals surface area contributed by atoms with Crippen molar-refractivity contribution in [2.45, 2.75) is 44.9 Å². The van der Waals surface area contributed by atoms with Gasteiger partial charge in [-0.3, -0.25) is 14.2 Å². The average molecular weight is 335 g/mol. The number of carbonyl (C=O) groups excluding carboxylic acids is 2. The largest absolute Gasteiger partial charge is 0.315 e. The molecule has 0 unspecified atom stereocenters. The van der Waals surface area contributed by atoms with Crippen LogP contribution in [0.5, 0.6) is 0 Å². The molecule has 0 bridgehead atoms. The molecule has 2 aliphatic carbocycles. The lowest BCUT2D eigenvalue weighted by Crippen LogP contribution is -2.38. The number of aryl methyl sites for hydroxylation is 1. The molecule has 0 radical (unpaired) electrons. The summed E-state index contributed by atoms with van der Waals surface area (Å²) in [5.74, 6) is 0.379. The van der Waals surface area contributed by atoms with Crippen LogP contribution in [-0.4, -0.2) is 28.3 Å². The van der Waals surface area contributed by atoms with Crippen molar-refractivity contribution in [3.8, 4) is 5.69 Å². The summed E-state index contributed by atoms with van der Waals surface area (Å²) in [4.78, 5) is 31.0. The van der Waals surface area contributed by atoms with Gasteiger partial charge in [0.1, 0.15) is 12.0 Å². The predicted octanol–water partition coefficient (Wildman–Crippen LogP) is 3.08. The number of anilines is 1. The van der Waals surface area contributed by atoms with E-state index in [9.17, 15) is 9.59 Å². The fourth-order valence-electron chi connectivity index (χ4n) is 4.67. The quantitative estimate of drug-likeness (QED) is 0.805. The molecule has 1 aliphatic heterocycles. The Morgan fingerprint density at radius 2 is 1.96 bits per heavy atom. The van der Waals surface area contributed by atoms with Crippen LogP contribution in [0.25, 0.3) is 5.69 Å². The molecule has 1 fully saturated rings. The zero-order valence-corrected chi connectivity index (χ0v) is 14.4. The molecule has 1 spiro atoms. The Hall–Kier alpha value is -2.43. The molecule has 0 N–H and O–H groups in total. The van der Waals surface area contributed by atoms with E-state index >= 15 is 0 Å². The van der Waals surface area contributed by atoms with Crippen molar-refractivity contribution >= 4 is 17.4 Å². The highest BCUT2D eigenvalue weighted by Gasteiger charge is 2.44. The molecule has 5 rings (SSSR count). The number of benzene rings is 1. The second kappa shape index (κ2) is 5.04. The predicted molar refractivity (Wildman–Crippen MR) is 94.2 cm³/mol. The van der Waals surface area contributed by atoms with E-state index in [1.165, 1.54) is 6.42 Å². The van der Waals surface area contributed by atoms with Gasteiger partial charge in [-0.2, -0.15) is 0 Å². The minimum Gasteiger partial charge on any atom is -0.315 e. The number of Topliss-reactive ketones (excluding diaryl/α,β-unsaturated/α-hetero) is 1. The Balaban J connectivity index is 1.55. The van der Waals surface area contributed by atoms with E-state index in [2.05, 4.69) is 11.1 Å². The monoisotopic (exact) mass is 335 g/mol. The highest BCUT2D eigenvalue weighted by atomic mass is 16.2. The summed E-state index contributed by atoms with van der Waals surface area (Å²) >= 11 is 0. The maximum Gasteiger partial charge on any atom is 0.227 e. The van der Waals surface area contributed by atoms with Crippen LogP contribution in [0.1, 0.15) is 53.8 Å². The Morgan fingerprint density at radius 3 is 2.72 bits per heavy atom. The second-order valence-corrected chi connectivity index (χ2v) is 7.81. The number of hydrogen-bond donors (Lipinski definition) is 0. The van der Waals surface area contributed by atoms with Crippen molar-refractivity contribution in [2.24, 2.45) is 5.41 Å². The van der Waals surface area contributed by atoms with Gasteiger partial charge in [-0.05, 0) is 54.9 Å². The third kappa shape index (κ3) is 2.11. The van der Waals surface area contributed by atoms with Gasteiger partial charge in [-0.15, -0.1) is 0 Å². The highest BCUT2D eigenvalue weighted by molar-refractivity contribution is 5.98. The fraction of sp³-hybridized carbons (Fsp3) is 0.450. The van der Waals surface area contributed by atoms with Crippen LogP contribution in [0.15, 0.2) is 24.5 Å². The van der Waals surface area contributed by atoms with Crippen molar-refractivity contribution in [1.82, 2.24) is 9.55 Å². The van der Waals surface area contributed by atoms with Crippen molar-refractivity contribution in [1.29, 1.82) is 0 Å². The first-order valence-electron chi connectivity index (χ1n) is 9.06. The SMILES string of the molecule is CN1C(=O)CCc2cc(-n3cnc4c3C(=O)CC3(CCC3)C4)ccc21. The van der Waals surface area contributed by atoms with E-state index in [-0.39, 0.29) is 17.1 Å². The molecule has 2 aromatic rings. The van der Waals surface area contributed by atoms with Crippen LogP contribution in [0.4, 0.5) is 5.69 Å². The van der Waals surface area contributed by atoms with Crippen LogP contribution in [-0.2, 0) is 17.6 Å². The topological polar surface area (TPSA) is 55.2 Å². The molecule has 25 heavy (non-hydrogen) atoms. The molecule has 2 heterocycles. The first-order valence-corrected chi connectivity index (χ1v) is 9.06. The van der Waals surface area contributed by atoms with Gasteiger partial charge in [0.25, 0.3) is 0 Å². The standard InChI is InChI=1S/C20H21N3O2/c1-22-16-5-4-14(9-13(16)3-6-18(22)25)23-12-21-15-10-20(7-2-8-20)11-17(24)19(15)23/h4-5,9,12H,2-3,6-8,10-11H2,1H3. The second-order valence-electron chi connectivity index (χ2n) is 7.81. The first-order chi connectivity index (χ1) is 12.1. The number of amides is 1. The molecule has 0 saturated heterocycles. The van der Waals surface area contributed by atoms with E-state index in [0.717, 1.165) is 54.0 Å². The Kier molecular flexibility index (Phi) is 3.00. The Bertz CT molecular complexity index is 908. The van der Waals surface area contributed by atoms with Crippen LogP contribution in [0.3, 0.4) is 0 Å². The molecule has 1 aromatic heterocycles. The summed E-state index contributed by atoms with van der Waals surface area (Å²) in [5.41, 5.74) is 5.00. The number of nitrogens with zero attached hydrogens (tertiary/aromatic N) is 3. The maximum absolute atomic E-state index is 12.8. The average Bonchev–Trinajstić information content (AvgIpc) is 3.01. The molecule has 1 saturated carbocycles. The summed E-state index contributed by atoms with van der Waals surface area (Å²) < 4.78 is 1.94. The molecular weight excluding hydrogens is 314 g/mol. The molecular formula is C20H21N3O2. The molecule has 1 aromatic carbocycles. The number of imidazole rings is 1. The smallest absolute Gasteiger partial charge is 0.227 e. The molecule has 5 nitrogen and oxygen atoms in total. The number of ketones is 1. The van der Waals surface area contributed by atoms with Crippen molar-refractivity contribution in [3.63, 3.8) is 0 Å². The van der Waals surface area contributed by atoms with Crippen LogP contribution in [0, 0.1) is 5.41 Å². The van der Waals surface area contributed by atoms with Gasteiger partial charge in [0, 0.05) is 31.3 Å². The lowest BCUT2D eigenvalue weighted by molar-refractivity contribution is -0.118. The lowest BCUT2D eigenvalue weighted by Gasteiger charge is -2.43. The van der Waals surface area contributed by atoms with Crippen molar-refractivity contribution < 1.29 is 9.59 Å². The number of carbonyl (C=O) groups is 2. The van der Waals surface area contributed by atoms with Crippen LogP contribution < -0.4 is 4.90 Å². The van der Waals surface area contributed by atoms with Crippen molar-refractivity contribution in [3.05, 3.63) is 41.5 Å². The highest BCUT2D eigenvalue weighted by Crippen LogP contribution is 2.50. The number of hydrogen-bond acceptors (Lipinski definition) is 3. The van der Waals surface area contributed by atoms with Gasteiger partial charge in [-0.1, -0.05) is 6.42 Å². The summed E-state index contributed by atoms with van der Waals surface area (Å²) in [7, 11) is 1.82. The van der Waals surface area contributed by atoms with E-state index in [0.29, 0.717) is 12.8 Å². The summed E-state index contributed by atoms with van der Waals surface area (Å²) in [6.07, 6.45) is 8.22. The summed E-state index contributed by atoms with van der Waals surface area (Å²) in [5, 5.41) is 0. The zero-order valence-electron chi connectivity index (χ0n) is 14.4. The van der Waals surface area contributed by atoms with Gasteiger partial charge >= 0.3 is 0 Å². The number of aromatic nitrogens is 2. The van der Waals surface area contributed by atoms with Gasteiger partial charge in [0.2, 0.25) is 5.91 Å². The van der Waals surface area contributed by atoms with Crippen LogP contribution in [0.2, 0.25) is 0 Å². The zero-order chi connectivity index (χ0) is 17.2. The minimum atomic E-state index is 0.154. The maximum atomic E-state index is 12.8. The van der Waals surface area contributed by atoms with E-state index in [1.54, 1.807) is 11.2 Å². The third-order valence-corrected chi connectivity index (χ3v) is 6.28. The Labute approximate surface area is 146 Å². The third-order valence-electron chi connectivity index (χ3n) is 6.28. The minimum absolute atomic E-state index is 0.154. The summed E-state index contributed by atoms with van der Waals surface area (Å²) in [6.45, 7) is 0. The van der Waals surface area contributed by atoms with Gasteiger partial charge in [-0.25, -0.2) is 4.98 Å². The van der Waals surface area contributed by atoms with E-state index < -0.39 is 0 Å². The van der Waals surface area contributed by atoms with E-state index in [1.807, 2.05) is 23.7 Å². The van der Waals surface area contributed by atoms with Gasteiger partial charge < -0.3 is 4.90 Å². The van der Waals surface area contributed by atoms with Gasteiger partial charge in [0.15, 0.2) is 5.78 Å². The summed E-state index contributed by atoms with van der Waals surface area (Å²) in [6, 6.07) is 6.06. The van der Waals surface area contributed by atoms with Crippen molar-refractivity contribution in [2.75, 3.05) is 11.9 Å². The fourth-order valence-corrected chi connectivity index (χ4v) is 4.67. The molecule has 0 atom stereocenters. The molecule has 3 aliphatic rings.